The molecule has 1 saturated heterocycles. The molecule has 1 aliphatic rings. The van der Waals surface area contributed by atoms with E-state index in [1.807, 2.05) is 43.0 Å². The maximum atomic E-state index is 12.2. The van der Waals surface area contributed by atoms with E-state index < -0.39 is 0 Å². The number of hydrogen-bond donors (Lipinski definition) is 1. The van der Waals surface area contributed by atoms with E-state index in [9.17, 15) is 9.59 Å². The van der Waals surface area contributed by atoms with Crippen molar-refractivity contribution in [2.75, 3.05) is 44.7 Å². The van der Waals surface area contributed by atoms with Crippen molar-refractivity contribution >= 4 is 17.5 Å². The molecule has 2 rings (SSSR count). The summed E-state index contributed by atoms with van der Waals surface area (Å²) >= 11 is 0. The van der Waals surface area contributed by atoms with Gasteiger partial charge in [0.05, 0.1) is 19.3 Å². The third kappa shape index (κ3) is 4.88. The third-order valence-electron chi connectivity index (χ3n) is 4.09. The molecule has 0 atom stereocenters. The van der Waals surface area contributed by atoms with Gasteiger partial charge >= 0.3 is 0 Å². The molecule has 6 heteroatoms. The number of benzene rings is 1. The molecule has 1 N–H and O–H groups in total. The van der Waals surface area contributed by atoms with Crippen LogP contribution in [0.3, 0.4) is 0 Å². The normalized spacial score (nSPS) is 14.7. The molecule has 1 aromatic rings. The highest BCUT2D eigenvalue weighted by Crippen LogP contribution is 2.28. The maximum absolute atomic E-state index is 12.2. The van der Waals surface area contributed by atoms with Crippen LogP contribution >= 0.6 is 0 Å². The Labute approximate surface area is 143 Å². The number of ether oxygens (including phenoxy) is 1. The zero-order valence-corrected chi connectivity index (χ0v) is 14.7. The Bertz CT molecular complexity index is 566. The lowest BCUT2D eigenvalue weighted by atomic mass is 10.1. The Hall–Kier alpha value is -2.24. The standard InChI is InChI=1S/C18H27N3O3/c1-14(2)12-17(22)19-13-18(23)21-10-8-20(9-11-21)15-6-4-5-7-16(15)24-3/h4-7,14H,8-13H2,1-3H3,(H,19,22). The van der Waals surface area contributed by atoms with Crippen molar-refractivity contribution in [3.05, 3.63) is 24.3 Å². The quantitative estimate of drug-likeness (QED) is 0.857. The van der Waals surface area contributed by atoms with E-state index in [2.05, 4.69) is 10.2 Å². The molecule has 1 aliphatic heterocycles. The van der Waals surface area contributed by atoms with E-state index in [0.29, 0.717) is 25.4 Å². The fourth-order valence-corrected chi connectivity index (χ4v) is 2.82. The molecular weight excluding hydrogens is 306 g/mol. The highest BCUT2D eigenvalue weighted by atomic mass is 16.5. The van der Waals surface area contributed by atoms with Gasteiger partial charge in [0.1, 0.15) is 5.75 Å². The molecule has 0 radical (unpaired) electrons. The molecule has 24 heavy (non-hydrogen) atoms. The molecule has 0 spiro atoms. The highest BCUT2D eigenvalue weighted by molar-refractivity contribution is 5.85. The van der Waals surface area contributed by atoms with Crippen molar-refractivity contribution in [2.24, 2.45) is 5.92 Å². The van der Waals surface area contributed by atoms with Crippen LogP contribution in [0, 0.1) is 5.92 Å². The van der Waals surface area contributed by atoms with Crippen molar-refractivity contribution in [1.82, 2.24) is 10.2 Å². The van der Waals surface area contributed by atoms with Gasteiger partial charge in [0.2, 0.25) is 11.8 Å². The van der Waals surface area contributed by atoms with E-state index >= 15 is 0 Å². The smallest absolute Gasteiger partial charge is 0.242 e. The third-order valence-corrected chi connectivity index (χ3v) is 4.09. The zero-order valence-electron chi connectivity index (χ0n) is 14.7. The molecule has 0 saturated carbocycles. The van der Waals surface area contributed by atoms with Crippen molar-refractivity contribution < 1.29 is 14.3 Å². The number of piperazine rings is 1. The summed E-state index contributed by atoms with van der Waals surface area (Å²) in [6.07, 6.45) is 0.453. The lowest BCUT2D eigenvalue weighted by Gasteiger charge is -2.36. The van der Waals surface area contributed by atoms with Crippen LogP contribution in [0.2, 0.25) is 0 Å². The maximum Gasteiger partial charge on any atom is 0.242 e. The van der Waals surface area contributed by atoms with Crippen LogP contribution in [0.1, 0.15) is 20.3 Å². The van der Waals surface area contributed by atoms with Crippen molar-refractivity contribution in [2.45, 2.75) is 20.3 Å². The van der Waals surface area contributed by atoms with E-state index in [-0.39, 0.29) is 18.4 Å². The summed E-state index contributed by atoms with van der Waals surface area (Å²) in [5.74, 6) is 1.06. The van der Waals surface area contributed by atoms with Crippen molar-refractivity contribution in [3.8, 4) is 5.75 Å². The number of rotatable bonds is 6. The van der Waals surface area contributed by atoms with Crippen molar-refractivity contribution in [3.63, 3.8) is 0 Å². The van der Waals surface area contributed by atoms with E-state index in [1.54, 1.807) is 7.11 Å². The second-order valence-electron chi connectivity index (χ2n) is 6.41. The van der Waals surface area contributed by atoms with E-state index in [0.717, 1.165) is 24.5 Å². The molecule has 0 aliphatic carbocycles. The number of nitrogens with one attached hydrogen (secondary N) is 1. The van der Waals surface area contributed by atoms with Crippen molar-refractivity contribution in [1.29, 1.82) is 0 Å². The summed E-state index contributed by atoms with van der Waals surface area (Å²) in [4.78, 5) is 27.9. The average Bonchev–Trinajstić information content (AvgIpc) is 2.59. The zero-order chi connectivity index (χ0) is 17.5. The van der Waals surface area contributed by atoms with Crippen LogP contribution in [0.15, 0.2) is 24.3 Å². The molecule has 132 valence electrons. The Kier molecular flexibility index (Phi) is 6.46. The van der Waals surface area contributed by atoms with Gasteiger partial charge in [-0.2, -0.15) is 0 Å². The minimum absolute atomic E-state index is 0.0215. The van der Waals surface area contributed by atoms with Gasteiger partial charge in [0.15, 0.2) is 0 Å². The molecule has 1 heterocycles. The van der Waals surface area contributed by atoms with Gasteiger partial charge < -0.3 is 19.9 Å². The number of anilines is 1. The summed E-state index contributed by atoms with van der Waals surface area (Å²) in [5.41, 5.74) is 1.05. The second-order valence-corrected chi connectivity index (χ2v) is 6.41. The Balaban J connectivity index is 1.82. The molecule has 0 bridgehead atoms. The van der Waals surface area contributed by atoms with Gasteiger partial charge in [-0.1, -0.05) is 26.0 Å². The number of methoxy groups -OCH3 is 1. The van der Waals surface area contributed by atoms with Gasteiger partial charge in [0, 0.05) is 32.6 Å². The molecule has 1 fully saturated rings. The predicted octanol–water partition coefficient (Wildman–Crippen LogP) is 1.51. The molecular formula is C18H27N3O3. The Morgan fingerprint density at radius 1 is 1.17 bits per heavy atom. The van der Waals surface area contributed by atoms with E-state index in [1.165, 1.54) is 0 Å². The largest absolute Gasteiger partial charge is 0.495 e. The summed E-state index contributed by atoms with van der Waals surface area (Å²) in [6.45, 7) is 6.86. The van der Waals surface area contributed by atoms with Crippen LogP contribution in [0.5, 0.6) is 5.75 Å². The summed E-state index contributed by atoms with van der Waals surface area (Å²) < 4.78 is 5.40. The molecule has 1 aromatic carbocycles. The molecule has 0 unspecified atom stereocenters. The topological polar surface area (TPSA) is 61.9 Å². The van der Waals surface area contributed by atoms with Crippen LogP contribution in [-0.4, -0.2) is 56.5 Å². The molecule has 2 amide bonds. The average molecular weight is 333 g/mol. The fraction of sp³-hybridized carbons (Fsp3) is 0.556. The second kappa shape index (κ2) is 8.57. The lowest BCUT2D eigenvalue weighted by Crippen LogP contribution is -2.51. The summed E-state index contributed by atoms with van der Waals surface area (Å²) in [6, 6.07) is 7.90. The van der Waals surface area contributed by atoms with Gasteiger partial charge in [0.25, 0.3) is 0 Å². The van der Waals surface area contributed by atoms with Crippen LogP contribution in [-0.2, 0) is 9.59 Å². The first kappa shape index (κ1) is 18.1. The van der Waals surface area contributed by atoms with Crippen LogP contribution in [0.25, 0.3) is 0 Å². The van der Waals surface area contributed by atoms with Gasteiger partial charge in [-0.05, 0) is 18.1 Å². The fourth-order valence-electron chi connectivity index (χ4n) is 2.82. The van der Waals surface area contributed by atoms with Crippen LogP contribution in [0.4, 0.5) is 5.69 Å². The first-order valence-electron chi connectivity index (χ1n) is 8.43. The number of para-hydroxylation sites is 2. The summed E-state index contributed by atoms with van der Waals surface area (Å²) in [5, 5.41) is 2.71. The minimum atomic E-state index is -0.0639. The SMILES string of the molecule is COc1ccccc1N1CCN(C(=O)CNC(=O)CC(C)C)CC1. The highest BCUT2D eigenvalue weighted by Gasteiger charge is 2.23. The minimum Gasteiger partial charge on any atom is -0.495 e. The van der Waals surface area contributed by atoms with E-state index in [4.69, 9.17) is 4.74 Å². The molecule has 6 nitrogen and oxygen atoms in total. The van der Waals surface area contributed by atoms with Gasteiger partial charge in [-0.25, -0.2) is 0 Å². The lowest BCUT2D eigenvalue weighted by molar-refractivity contribution is -0.133. The predicted molar refractivity (Wildman–Crippen MR) is 94.3 cm³/mol. The molecule has 0 aromatic heterocycles. The first-order chi connectivity index (χ1) is 11.5. The number of hydrogen-bond acceptors (Lipinski definition) is 4. The summed E-state index contributed by atoms with van der Waals surface area (Å²) in [7, 11) is 1.67. The monoisotopic (exact) mass is 333 g/mol. The number of carbonyl (C=O) groups is 2. The number of amides is 2. The van der Waals surface area contributed by atoms with Crippen LogP contribution < -0.4 is 15.0 Å². The van der Waals surface area contributed by atoms with Gasteiger partial charge in [-0.15, -0.1) is 0 Å². The Morgan fingerprint density at radius 3 is 2.46 bits per heavy atom. The number of carbonyl (C=O) groups excluding carboxylic acids is 2. The first-order valence-corrected chi connectivity index (χ1v) is 8.43. The number of nitrogens with zero attached hydrogens (tertiary/aromatic N) is 2. The Morgan fingerprint density at radius 2 is 1.83 bits per heavy atom. The van der Waals surface area contributed by atoms with Gasteiger partial charge in [-0.3, -0.25) is 9.59 Å².